The largest absolute Gasteiger partial charge is 0.495 e. The molecule has 0 radical (unpaired) electrons. The number of ether oxygens (including phenoxy) is 2. The molecule has 0 spiro atoms. The predicted octanol–water partition coefficient (Wildman–Crippen LogP) is 0.0565. The lowest BCUT2D eigenvalue weighted by Crippen LogP contribution is -2.53. The summed E-state index contributed by atoms with van der Waals surface area (Å²) in [6.45, 7) is 2.13. The molecule has 2 saturated heterocycles. The molecule has 2 fully saturated rings. The van der Waals surface area contributed by atoms with Gasteiger partial charge >= 0.3 is 0 Å². The number of rotatable bonds is 3. The summed E-state index contributed by atoms with van der Waals surface area (Å²) in [6.07, 6.45) is -0.0618. The Hall–Kier alpha value is -1.15. The summed E-state index contributed by atoms with van der Waals surface area (Å²) in [5.41, 5.74) is 0. The molecule has 110 valence electrons. The van der Waals surface area contributed by atoms with Gasteiger partial charge in [-0.25, -0.2) is 8.42 Å². The summed E-state index contributed by atoms with van der Waals surface area (Å²) in [7, 11) is -2.09. The number of sulfonamides is 1. The van der Waals surface area contributed by atoms with Gasteiger partial charge in [-0.2, -0.15) is 4.31 Å². The molecule has 0 saturated carbocycles. The van der Waals surface area contributed by atoms with Crippen LogP contribution in [0, 0.1) is 0 Å². The Morgan fingerprint density at radius 3 is 2.95 bits per heavy atom. The number of methoxy groups -OCH3 is 1. The van der Waals surface area contributed by atoms with Crippen molar-refractivity contribution in [3.8, 4) is 5.75 Å². The minimum Gasteiger partial charge on any atom is -0.495 e. The van der Waals surface area contributed by atoms with Crippen molar-refractivity contribution in [1.82, 2.24) is 9.62 Å². The van der Waals surface area contributed by atoms with E-state index in [-0.39, 0.29) is 17.0 Å². The van der Waals surface area contributed by atoms with Crippen molar-refractivity contribution in [3.05, 3.63) is 24.3 Å². The highest BCUT2D eigenvalue weighted by atomic mass is 32.2. The van der Waals surface area contributed by atoms with Crippen LogP contribution in [0.5, 0.6) is 5.75 Å². The van der Waals surface area contributed by atoms with E-state index in [1.54, 1.807) is 28.6 Å². The second-order valence-electron chi connectivity index (χ2n) is 4.90. The van der Waals surface area contributed by atoms with Crippen LogP contribution in [0.15, 0.2) is 29.2 Å². The predicted molar refractivity (Wildman–Crippen MR) is 73.3 cm³/mol. The van der Waals surface area contributed by atoms with E-state index in [1.807, 2.05) is 0 Å². The quantitative estimate of drug-likeness (QED) is 0.854. The van der Waals surface area contributed by atoms with Crippen LogP contribution in [0.2, 0.25) is 0 Å². The van der Waals surface area contributed by atoms with Crippen LogP contribution in [-0.4, -0.2) is 58.2 Å². The molecule has 0 amide bonds. The van der Waals surface area contributed by atoms with E-state index < -0.39 is 10.0 Å². The monoisotopic (exact) mass is 298 g/mol. The number of hydrogen-bond acceptors (Lipinski definition) is 5. The molecule has 20 heavy (non-hydrogen) atoms. The Bertz CT molecular complexity index is 590. The second-order valence-corrected chi connectivity index (χ2v) is 6.76. The topological polar surface area (TPSA) is 67.9 Å². The smallest absolute Gasteiger partial charge is 0.247 e. The Morgan fingerprint density at radius 1 is 1.35 bits per heavy atom. The van der Waals surface area contributed by atoms with E-state index in [0.717, 1.165) is 0 Å². The molecule has 3 rings (SSSR count). The number of nitrogens with one attached hydrogen (secondary N) is 1. The van der Waals surface area contributed by atoms with Crippen LogP contribution in [-0.2, 0) is 14.8 Å². The van der Waals surface area contributed by atoms with Crippen molar-refractivity contribution in [2.24, 2.45) is 0 Å². The van der Waals surface area contributed by atoms with E-state index in [1.165, 1.54) is 7.11 Å². The van der Waals surface area contributed by atoms with Gasteiger partial charge in [0, 0.05) is 19.6 Å². The van der Waals surface area contributed by atoms with Gasteiger partial charge in [0.05, 0.1) is 25.9 Å². The maximum Gasteiger partial charge on any atom is 0.247 e. The standard InChI is InChI=1S/C13H18N2O4S/c1-18-11-4-2-3-5-13(11)20(16,17)15-6-7-19-12-9-14-8-10(12)15/h2-5,10,12,14H,6-9H2,1H3/t10-,12+/m1/s1. The van der Waals surface area contributed by atoms with Crippen LogP contribution in [0.1, 0.15) is 0 Å². The van der Waals surface area contributed by atoms with Crippen molar-refractivity contribution >= 4 is 10.0 Å². The third-order valence-electron chi connectivity index (χ3n) is 3.80. The van der Waals surface area contributed by atoms with E-state index in [0.29, 0.717) is 32.0 Å². The molecule has 2 heterocycles. The van der Waals surface area contributed by atoms with Gasteiger partial charge in [0.2, 0.25) is 10.0 Å². The Kier molecular flexibility index (Phi) is 3.68. The van der Waals surface area contributed by atoms with Crippen molar-refractivity contribution in [2.45, 2.75) is 17.0 Å². The first-order chi connectivity index (χ1) is 9.64. The molecule has 0 aromatic heterocycles. The maximum atomic E-state index is 12.9. The molecule has 2 aliphatic heterocycles. The van der Waals surface area contributed by atoms with E-state index in [9.17, 15) is 8.42 Å². The first-order valence-corrected chi connectivity index (χ1v) is 8.06. The molecule has 1 aromatic rings. The molecule has 0 aliphatic carbocycles. The fraction of sp³-hybridized carbons (Fsp3) is 0.538. The molecular weight excluding hydrogens is 280 g/mol. The highest BCUT2D eigenvalue weighted by Crippen LogP contribution is 2.30. The summed E-state index contributed by atoms with van der Waals surface area (Å²) in [6, 6.07) is 6.58. The maximum absolute atomic E-state index is 12.9. The lowest BCUT2D eigenvalue weighted by molar-refractivity contribution is -0.0149. The summed E-state index contributed by atoms with van der Waals surface area (Å²) < 4.78 is 38.1. The average molecular weight is 298 g/mol. The van der Waals surface area contributed by atoms with Gasteiger partial charge in [0.25, 0.3) is 0 Å². The van der Waals surface area contributed by atoms with Crippen LogP contribution in [0.3, 0.4) is 0 Å². The first-order valence-electron chi connectivity index (χ1n) is 6.62. The number of benzene rings is 1. The third kappa shape index (κ3) is 2.20. The number of para-hydroxylation sites is 1. The van der Waals surface area contributed by atoms with Crippen LogP contribution >= 0.6 is 0 Å². The molecular formula is C13H18N2O4S. The molecule has 1 aromatic carbocycles. The average Bonchev–Trinajstić information content (AvgIpc) is 2.95. The minimum atomic E-state index is -3.57. The molecule has 1 N–H and O–H groups in total. The summed E-state index contributed by atoms with van der Waals surface area (Å²) in [4.78, 5) is 0.218. The molecule has 0 bridgehead atoms. The highest BCUT2D eigenvalue weighted by molar-refractivity contribution is 7.89. The summed E-state index contributed by atoms with van der Waals surface area (Å²) >= 11 is 0. The van der Waals surface area contributed by atoms with E-state index >= 15 is 0 Å². The summed E-state index contributed by atoms with van der Waals surface area (Å²) in [5, 5.41) is 3.18. The van der Waals surface area contributed by atoms with Gasteiger partial charge in [-0.1, -0.05) is 12.1 Å². The zero-order chi connectivity index (χ0) is 14.2. The molecule has 7 heteroatoms. The molecule has 2 atom stereocenters. The Balaban J connectivity index is 1.98. The lowest BCUT2D eigenvalue weighted by Gasteiger charge is -2.36. The Labute approximate surface area is 118 Å². The fourth-order valence-corrected chi connectivity index (χ4v) is 4.61. The van der Waals surface area contributed by atoms with Crippen molar-refractivity contribution in [3.63, 3.8) is 0 Å². The Morgan fingerprint density at radius 2 is 2.15 bits per heavy atom. The SMILES string of the molecule is COc1ccccc1S(=O)(=O)N1CCO[C@H]2CNC[C@H]21. The zero-order valence-electron chi connectivity index (χ0n) is 11.3. The zero-order valence-corrected chi connectivity index (χ0v) is 12.1. The van der Waals surface area contributed by atoms with Gasteiger partial charge in [-0.15, -0.1) is 0 Å². The summed E-state index contributed by atoms with van der Waals surface area (Å²) in [5.74, 6) is 0.376. The second kappa shape index (κ2) is 5.33. The lowest BCUT2D eigenvalue weighted by atomic mass is 10.2. The van der Waals surface area contributed by atoms with Crippen molar-refractivity contribution in [1.29, 1.82) is 0 Å². The minimum absolute atomic E-state index is 0.0618. The van der Waals surface area contributed by atoms with Crippen molar-refractivity contribution < 1.29 is 17.9 Å². The molecule has 6 nitrogen and oxygen atoms in total. The van der Waals surface area contributed by atoms with Crippen molar-refractivity contribution in [2.75, 3.05) is 33.4 Å². The third-order valence-corrected chi connectivity index (χ3v) is 5.76. The number of hydrogen-bond donors (Lipinski definition) is 1. The van der Waals surface area contributed by atoms with E-state index in [2.05, 4.69) is 5.32 Å². The fourth-order valence-electron chi connectivity index (χ4n) is 2.81. The number of nitrogens with zero attached hydrogens (tertiary/aromatic N) is 1. The van der Waals surface area contributed by atoms with Gasteiger partial charge in [-0.05, 0) is 12.1 Å². The first kappa shape index (κ1) is 13.8. The van der Waals surface area contributed by atoms with Gasteiger partial charge < -0.3 is 14.8 Å². The van der Waals surface area contributed by atoms with Crippen LogP contribution < -0.4 is 10.1 Å². The number of morpholine rings is 1. The molecule has 2 aliphatic rings. The normalized spacial score (nSPS) is 27.2. The van der Waals surface area contributed by atoms with Crippen LogP contribution in [0.4, 0.5) is 0 Å². The molecule has 0 unspecified atom stereocenters. The highest BCUT2D eigenvalue weighted by Gasteiger charge is 2.43. The van der Waals surface area contributed by atoms with Gasteiger partial charge in [0.15, 0.2) is 0 Å². The number of fused-ring (bicyclic) bond motifs is 1. The van der Waals surface area contributed by atoms with Crippen LogP contribution in [0.25, 0.3) is 0 Å². The van der Waals surface area contributed by atoms with Gasteiger partial charge in [0.1, 0.15) is 10.6 Å². The van der Waals surface area contributed by atoms with E-state index in [4.69, 9.17) is 9.47 Å². The van der Waals surface area contributed by atoms with Gasteiger partial charge in [-0.3, -0.25) is 0 Å².